The van der Waals surface area contributed by atoms with Gasteiger partial charge in [-0.1, -0.05) is 29.8 Å². The van der Waals surface area contributed by atoms with Gasteiger partial charge in [-0.15, -0.1) is 0 Å². The van der Waals surface area contributed by atoms with Crippen LogP contribution in [0.1, 0.15) is 13.8 Å². The van der Waals surface area contributed by atoms with Gasteiger partial charge in [0.15, 0.2) is 0 Å². The van der Waals surface area contributed by atoms with Crippen molar-refractivity contribution < 1.29 is 4.79 Å². The molecule has 1 amide bonds. The fourth-order valence-corrected chi connectivity index (χ4v) is 1.31. The van der Waals surface area contributed by atoms with Crippen LogP contribution in [0.3, 0.4) is 0 Å². The summed E-state index contributed by atoms with van der Waals surface area (Å²) >= 11 is 3.41. The molecule has 0 aromatic rings. The van der Waals surface area contributed by atoms with Crippen LogP contribution in [0.5, 0.6) is 0 Å². The van der Waals surface area contributed by atoms with Crippen LogP contribution in [0, 0.1) is 5.92 Å². The van der Waals surface area contributed by atoms with Gasteiger partial charge < -0.3 is 9.80 Å². The normalized spacial score (nSPS) is 13.4. The highest BCUT2D eigenvalue weighted by atomic mass is 79.9. The second-order valence-corrected chi connectivity index (χ2v) is 5.20. The number of hydrogen-bond acceptors (Lipinski definition) is 2. The van der Waals surface area contributed by atoms with Gasteiger partial charge in [0.2, 0.25) is 5.91 Å². The second kappa shape index (κ2) is 6.40. The minimum atomic E-state index is -0.0605. The molecule has 0 aliphatic rings. The Bertz CT molecular complexity index is 183. The number of halogens is 1. The van der Waals surface area contributed by atoms with Gasteiger partial charge >= 0.3 is 0 Å². The molecule has 84 valence electrons. The molecule has 1 unspecified atom stereocenters. The van der Waals surface area contributed by atoms with Gasteiger partial charge in [0.25, 0.3) is 0 Å². The molecule has 0 fully saturated rings. The van der Waals surface area contributed by atoms with Crippen molar-refractivity contribution in [3.8, 4) is 0 Å². The minimum absolute atomic E-state index is 0.0605. The molecule has 4 heteroatoms. The molecule has 0 aliphatic heterocycles. The van der Waals surface area contributed by atoms with Crippen LogP contribution in [0.2, 0.25) is 0 Å². The van der Waals surface area contributed by atoms with Crippen molar-refractivity contribution in [1.29, 1.82) is 0 Å². The van der Waals surface area contributed by atoms with E-state index in [1.165, 1.54) is 0 Å². The molecule has 0 aromatic carbocycles. The summed E-state index contributed by atoms with van der Waals surface area (Å²) in [4.78, 5) is 15.5. The van der Waals surface area contributed by atoms with Crippen LogP contribution in [0.4, 0.5) is 0 Å². The maximum Gasteiger partial charge on any atom is 0.236 e. The Labute approximate surface area is 95.6 Å². The first-order valence-corrected chi connectivity index (χ1v) is 5.81. The zero-order valence-electron chi connectivity index (χ0n) is 9.75. The van der Waals surface area contributed by atoms with Crippen LogP contribution in [0.25, 0.3) is 0 Å². The Morgan fingerprint density at radius 2 is 1.71 bits per heavy atom. The molecule has 0 saturated heterocycles. The Morgan fingerprint density at radius 3 is 2.07 bits per heavy atom. The van der Waals surface area contributed by atoms with Crippen molar-refractivity contribution in [1.82, 2.24) is 9.80 Å². The number of alkyl halides is 1. The van der Waals surface area contributed by atoms with Crippen molar-refractivity contribution in [2.45, 2.75) is 18.7 Å². The van der Waals surface area contributed by atoms with E-state index < -0.39 is 0 Å². The van der Waals surface area contributed by atoms with E-state index in [4.69, 9.17) is 0 Å². The quantitative estimate of drug-likeness (QED) is 0.702. The molecular formula is C10H21BrN2O. The standard InChI is InChI=1S/C10H21BrN2O/c1-8(2)9(11)10(14)13(5)7-6-12(3)4/h8-9H,6-7H2,1-5H3. The lowest BCUT2D eigenvalue weighted by Gasteiger charge is -2.23. The van der Waals surface area contributed by atoms with Crippen molar-refractivity contribution in [2.75, 3.05) is 34.2 Å². The number of rotatable bonds is 5. The SMILES string of the molecule is CC(C)C(Br)C(=O)N(C)CCN(C)C. The first kappa shape index (κ1) is 13.9. The van der Waals surface area contributed by atoms with Gasteiger partial charge in [-0.05, 0) is 20.0 Å². The van der Waals surface area contributed by atoms with Crippen molar-refractivity contribution in [2.24, 2.45) is 5.92 Å². The zero-order valence-corrected chi connectivity index (χ0v) is 11.3. The first-order chi connectivity index (χ1) is 6.36. The molecule has 0 radical (unpaired) electrons. The third-order valence-electron chi connectivity index (χ3n) is 2.08. The zero-order chi connectivity index (χ0) is 11.3. The third-order valence-corrected chi connectivity index (χ3v) is 3.53. The van der Waals surface area contributed by atoms with Crippen molar-refractivity contribution in [3.05, 3.63) is 0 Å². The molecule has 14 heavy (non-hydrogen) atoms. The molecule has 0 heterocycles. The predicted octanol–water partition coefficient (Wildman–Crippen LogP) is 1.43. The summed E-state index contributed by atoms with van der Waals surface area (Å²) < 4.78 is 0. The molecule has 0 bridgehead atoms. The van der Waals surface area contributed by atoms with Gasteiger partial charge in [0.1, 0.15) is 0 Å². The van der Waals surface area contributed by atoms with Crippen LogP contribution in [-0.2, 0) is 4.79 Å². The fourth-order valence-electron chi connectivity index (χ4n) is 0.956. The van der Waals surface area contributed by atoms with Gasteiger partial charge in [-0.2, -0.15) is 0 Å². The molecule has 0 saturated carbocycles. The Morgan fingerprint density at radius 1 is 1.21 bits per heavy atom. The number of carbonyl (C=O) groups is 1. The maximum absolute atomic E-state index is 11.8. The molecule has 0 aliphatic carbocycles. The highest BCUT2D eigenvalue weighted by molar-refractivity contribution is 9.10. The summed E-state index contributed by atoms with van der Waals surface area (Å²) in [5.74, 6) is 0.506. The summed E-state index contributed by atoms with van der Waals surface area (Å²) in [6, 6.07) is 0. The Kier molecular flexibility index (Phi) is 6.36. The lowest BCUT2D eigenvalue weighted by molar-refractivity contribution is -0.130. The largest absolute Gasteiger partial charge is 0.343 e. The molecule has 1 atom stereocenters. The lowest BCUT2D eigenvalue weighted by Crippen LogP contribution is -2.39. The average Bonchev–Trinajstić information content (AvgIpc) is 2.11. The van der Waals surface area contributed by atoms with Gasteiger partial charge in [-0.25, -0.2) is 0 Å². The van der Waals surface area contributed by atoms with E-state index in [0.29, 0.717) is 5.92 Å². The molecular weight excluding hydrogens is 244 g/mol. The van der Waals surface area contributed by atoms with E-state index in [0.717, 1.165) is 13.1 Å². The Balaban J connectivity index is 3.99. The first-order valence-electron chi connectivity index (χ1n) is 4.90. The van der Waals surface area contributed by atoms with E-state index in [1.54, 1.807) is 4.90 Å². The van der Waals surface area contributed by atoms with Gasteiger partial charge in [-0.3, -0.25) is 4.79 Å². The molecule has 0 rings (SSSR count). The molecule has 0 N–H and O–H groups in total. The number of nitrogens with zero attached hydrogens (tertiary/aromatic N) is 2. The highest BCUT2D eigenvalue weighted by Gasteiger charge is 2.21. The van der Waals surface area contributed by atoms with E-state index in [2.05, 4.69) is 20.8 Å². The monoisotopic (exact) mass is 264 g/mol. The summed E-state index contributed by atoms with van der Waals surface area (Å²) in [6.07, 6.45) is 0. The Hall–Kier alpha value is -0.0900. The van der Waals surface area contributed by atoms with E-state index in [-0.39, 0.29) is 10.7 Å². The average molecular weight is 265 g/mol. The minimum Gasteiger partial charge on any atom is -0.343 e. The van der Waals surface area contributed by atoms with Crippen molar-refractivity contribution >= 4 is 21.8 Å². The third kappa shape index (κ3) is 4.96. The second-order valence-electron chi connectivity index (χ2n) is 4.21. The van der Waals surface area contributed by atoms with E-state index in [1.807, 2.05) is 35.0 Å². The summed E-state index contributed by atoms with van der Waals surface area (Å²) in [6.45, 7) is 5.76. The molecule has 0 spiro atoms. The van der Waals surface area contributed by atoms with Gasteiger partial charge in [0, 0.05) is 20.1 Å². The van der Waals surface area contributed by atoms with E-state index >= 15 is 0 Å². The van der Waals surface area contributed by atoms with Crippen LogP contribution < -0.4 is 0 Å². The number of likely N-dealkylation sites (N-methyl/N-ethyl adjacent to an activating group) is 2. The number of hydrogen-bond donors (Lipinski definition) is 0. The summed E-state index contributed by atoms with van der Waals surface area (Å²) in [5, 5.41) is 0. The fraction of sp³-hybridized carbons (Fsp3) is 0.900. The smallest absolute Gasteiger partial charge is 0.236 e. The molecule has 0 aromatic heterocycles. The van der Waals surface area contributed by atoms with Crippen molar-refractivity contribution in [3.63, 3.8) is 0 Å². The molecule has 3 nitrogen and oxygen atoms in total. The summed E-state index contributed by atoms with van der Waals surface area (Å²) in [5.41, 5.74) is 0. The topological polar surface area (TPSA) is 23.6 Å². The lowest BCUT2D eigenvalue weighted by atomic mass is 10.1. The van der Waals surface area contributed by atoms with E-state index in [9.17, 15) is 4.79 Å². The van der Waals surface area contributed by atoms with Crippen LogP contribution in [0.15, 0.2) is 0 Å². The number of amides is 1. The highest BCUT2D eigenvalue weighted by Crippen LogP contribution is 2.14. The predicted molar refractivity (Wildman–Crippen MR) is 63.7 cm³/mol. The number of carbonyl (C=O) groups excluding carboxylic acids is 1. The summed E-state index contributed by atoms with van der Waals surface area (Å²) in [7, 11) is 5.86. The van der Waals surface area contributed by atoms with Crippen LogP contribution in [-0.4, -0.2) is 54.8 Å². The maximum atomic E-state index is 11.8. The van der Waals surface area contributed by atoms with Crippen LogP contribution >= 0.6 is 15.9 Å². The van der Waals surface area contributed by atoms with Gasteiger partial charge in [0.05, 0.1) is 4.83 Å².